The second-order valence-corrected chi connectivity index (χ2v) is 8.07. The van der Waals surface area contributed by atoms with Gasteiger partial charge in [-0.1, -0.05) is 48.1 Å². The van der Waals surface area contributed by atoms with Crippen LogP contribution in [0.2, 0.25) is 0 Å². The molecule has 0 saturated heterocycles. The summed E-state index contributed by atoms with van der Waals surface area (Å²) in [5.74, 6) is -0.129. The standard InChI is InChI=1S/C17H16OS.C7H12O2/c1-12-9-15(18)10-13(12)6-4-7-16-11-14-5-2-3-8-17(14)19-16;1-2-3-4-5-6-7(8)9/h2-6,8-9,11,13H,7,10H2,1H3;2-3H,4-6H2,1H3,(H,8,9)/b6-4+;3-2-. The van der Waals surface area contributed by atoms with E-state index >= 15 is 0 Å². The van der Waals surface area contributed by atoms with Crippen molar-refractivity contribution in [2.24, 2.45) is 5.92 Å². The van der Waals surface area contributed by atoms with Crippen molar-refractivity contribution in [3.8, 4) is 0 Å². The van der Waals surface area contributed by atoms with Gasteiger partial charge in [0, 0.05) is 28.3 Å². The van der Waals surface area contributed by atoms with Crippen LogP contribution in [0.15, 0.2) is 66.3 Å². The fraction of sp³-hybridized carbons (Fsp3) is 0.333. The lowest BCUT2D eigenvalue weighted by molar-refractivity contribution is -0.137. The van der Waals surface area contributed by atoms with Gasteiger partial charge in [0.15, 0.2) is 5.78 Å². The van der Waals surface area contributed by atoms with Gasteiger partial charge in [-0.3, -0.25) is 9.59 Å². The van der Waals surface area contributed by atoms with Crippen LogP contribution in [-0.4, -0.2) is 16.9 Å². The molecule has 1 heterocycles. The number of carboxylic acids is 1. The van der Waals surface area contributed by atoms with E-state index in [1.54, 1.807) is 6.08 Å². The van der Waals surface area contributed by atoms with Gasteiger partial charge < -0.3 is 5.11 Å². The number of benzene rings is 1. The van der Waals surface area contributed by atoms with Crippen LogP contribution < -0.4 is 0 Å². The summed E-state index contributed by atoms with van der Waals surface area (Å²) in [6.45, 7) is 3.97. The number of hydrogen-bond acceptors (Lipinski definition) is 3. The third-order valence-corrected chi connectivity index (χ3v) is 5.69. The molecule has 4 heteroatoms. The first kappa shape index (κ1) is 21.8. The lowest BCUT2D eigenvalue weighted by atomic mass is 10.0. The van der Waals surface area contributed by atoms with Crippen molar-refractivity contribution in [1.29, 1.82) is 0 Å². The Morgan fingerprint density at radius 2 is 2.07 bits per heavy atom. The van der Waals surface area contributed by atoms with E-state index in [2.05, 4.69) is 42.5 Å². The number of aliphatic carboxylic acids is 1. The maximum Gasteiger partial charge on any atom is 0.303 e. The van der Waals surface area contributed by atoms with Crippen LogP contribution in [0.3, 0.4) is 0 Å². The third kappa shape index (κ3) is 7.28. The number of carboxylic acid groups (broad SMARTS) is 1. The minimum absolute atomic E-state index is 0.258. The van der Waals surface area contributed by atoms with Crippen molar-refractivity contribution in [2.75, 3.05) is 0 Å². The second kappa shape index (κ2) is 11.4. The summed E-state index contributed by atoms with van der Waals surface area (Å²) in [4.78, 5) is 22.6. The van der Waals surface area contributed by atoms with Gasteiger partial charge in [-0.2, -0.15) is 0 Å². The molecule has 0 aliphatic heterocycles. The van der Waals surface area contributed by atoms with Crippen molar-refractivity contribution in [3.63, 3.8) is 0 Å². The van der Waals surface area contributed by atoms with Gasteiger partial charge in [-0.05, 0) is 56.7 Å². The Morgan fingerprint density at radius 3 is 2.71 bits per heavy atom. The normalized spacial score (nSPS) is 16.6. The number of fused-ring (bicyclic) bond motifs is 1. The number of carbonyl (C=O) groups is 2. The Hall–Kier alpha value is -2.46. The fourth-order valence-corrected chi connectivity index (χ4v) is 4.08. The molecule has 1 aromatic carbocycles. The summed E-state index contributed by atoms with van der Waals surface area (Å²) in [6, 6.07) is 10.7. The number of carbonyl (C=O) groups excluding carboxylic acids is 1. The zero-order valence-electron chi connectivity index (χ0n) is 16.6. The van der Waals surface area contributed by atoms with Crippen LogP contribution >= 0.6 is 11.3 Å². The van der Waals surface area contributed by atoms with E-state index < -0.39 is 5.97 Å². The Kier molecular flexibility index (Phi) is 8.89. The lowest BCUT2D eigenvalue weighted by Gasteiger charge is -2.02. The smallest absolute Gasteiger partial charge is 0.303 e. The van der Waals surface area contributed by atoms with Gasteiger partial charge in [0.05, 0.1) is 0 Å². The highest BCUT2D eigenvalue weighted by atomic mass is 32.1. The topological polar surface area (TPSA) is 54.4 Å². The molecule has 0 spiro atoms. The quantitative estimate of drug-likeness (QED) is 0.438. The number of hydrogen-bond donors (Lipinski definition) is 1. The number of allylic oxidation sites excluding steroid dienone is 6. The number of ketones is 1. The fourth-order valence-electron chi connectivity index (χ4n) is 3.04. The average Bonchev–Trinajstić information content (AvgIpc) is 3.21. The summed E-state index contributed by atoms with van der Waals surface area (Å²) < 4.78 is 1.35. The van der Waals surface area contributed by atoms with E-state index in [0.29, 0.717) is 12.3 Å². The molecule has 1 aliphatic rings. The molecule has 1 unspecified atom stereocenters. The van der Waals surface area contributed by atoms with Crippen molar-refractivity contribution in [1.82, 2.24) is 0 Å². The van der Waals surface area contributed by atoms with E-state index in [0.717, 1.165) is 19.3 Å². The highest BCUT2D eigenvalue weighted by Gasteiger charge is 2.18. The van der Waals surface area contributed by atoms with Gasteiger partial charge in [0.25, 0.3) is 0 Å². The third-order valence-electron chi connectivity index (χ3n) is 4.56. The van der Waals surface area contributed by atoms with Crippen molar-refractivity contribution >= 4 is 33.2 Å². The summed E-state index contributed by atoms with van der Waals surface area (Å²) in [5.41, 5.74) is 1.19. The van der Waals surface area contributed by atoms with Gasteiger partial charge in [0.2, 0.25) is 0 Å². The molecule has 0 fully saturated rings. The van der Waals surface area contributed by atoms with Crippen LogP contribution in [0.25, 0.3) is 10.1 Å². The molecule has 1 atom stereocenters. The molecule has 0 amide bonds. The minimum Gasteiger partial charge on any atom is -0.481 e. The molecule has 3 nitrogen and oxygen atoms in total. The minimum atomic E-state index is -0.709. The summed E-state index contributed by atoms with van der Waals surface area (Å²) >= 11 is 1.85. The van der Waals surface area contributed by atoms with Crippen molar-refractivity contribution in [2.45, 2.75) is 46.0 Å². The lowest BCUT2D eigenvalue weighted by Crippen LogP contribution is -1.94. The molecule has 2 aromatic rings. The Morgan fingerprint density at radius 1 is 1.29 bits per heavy atom. The van der Waals surface area contributed by atoms with Crippen LogP contribution in [0, 0.1) is 5.92 Å². The van der Waals surface area contributed by atoms with E-state index in [4.69, 9.17) is 5.11 Å². The second-order valence-electron chi connectivity index (χ2n) is 6.90. The zero-order valence-corrected chi connectivity index (χ0v) is 17.4. The van der Waals surface area contributed by atoms with Crippen molar-refractivity contribution < 1.29 is 14.7 Å². The van der Waals surface area contributed by atoms with Crippen LogP contribution in [0.4, 0.5) is 0 Å². The van der Waals surface area contributed by atoms with Crippen molar-refractivity contribution in [3.05, 3.63) is 71.2 Å². The molecule has 148 valence electrons. The maximum atomic E-state index is 11.3. The van der Waals surface area contributed by atoms with Crippen LogP contribution in [0.5, 0.6) is 0 Å². The highest BCUT2D eigenvalue weighted by molar-refractivity contribution is 7.19. The SMILES string of the molecule is C/C=C\CCCC(=O)O.CC1=CC(=O)CC1/C=C/Cc1cc2ccccc2s1. The molecular formula is C24H28O3S. The predicted octanol–water partition coefficient (Wildman–Crippen LogP) is 6.35. The van der Waals surface area contributed by atoms with Gasteiger partial charge in [-0.25, -0.2) is 0 Å². The first-order valence-corrected chi connectivity index (χ1v) is 10.5. The molecule has 1 aliphatic carbocycles. The summed E-state index contributed by atoms with van der Waals surface area (Å²) in [7, 11) is 0. The largest absolute Gasteiger partial charge is 0.481 e. The van der Waals surface area contributed by atoms with Gasteiger partial charge in [-0.15, -0.1) is 11.3 Å². The number of unbranched alkanes of at least 4 members (excludes halogenated alkanes) is 1. The predicted molar refractivity (Wildman–Crippen MR) is 118 cm³/mol. The molecule has 3 rings (SSSR count). The summed E-state index contributed by atoms with van der Waals surface area (Å²) in [5, 5.41) is 9.51. The zero-order chi connectivity index (χ0) is 20.4. The van der Waals surface area contributed by atoms with E-state index in [1.165, 1.54) is 20.5 Å². The van der Waals surface area contributed by atoms with E-state index in [9.17, 15) is 9.59 Å². The highest BCUT2D eigenvalue weighted by Crippen LogP contribution is 2.27. The Labute approximate surface area is 171 Å². The monoisotopic (exact) mass is 396 g/mol. The van der Waals surface area contributed by atoms with Crippen LogP contribution in [-0.2, 0) is 16.0 Å². The molecule has 0 radical (unpaired) electrons. The van der Waals surface area contributed by atoms with Gasteiger partial charge >= 0.3 is 5.97 Å². The van der Waals surface area contributed by atoms with E-state index in [1.807, 2.05) is 37.3 Å². The molecule has 1 aromatic heterocycles. The molecular weight excluding hydrogens is 368 g/mol. The summed E-state index contributed by atoms with van der Waals surface area (Å²) in [6.07, 6.45) is 13.6. The number of rotatable bonds is 7. The molecule has 1 N–H and O–H groups in total. The van der Waals surface area contributed by atoms with Crippen LogP contribution in [0.1, 0.15) is 44.4 Å². The molecule has 0 saturated carbocycles. The Balaban J connectivity index is 0.000000266. The van der Waals surface area contributed by atoms with Gasteiger partial charge in [0.1, 0.15) is 0 Å². The Bertz CT molecular complexity index is 853. The maximum absolute atomic E-state index is 11.3. The first-order valence-electron chi connectivity index (χ1n) is 9.67. The molecule has 28 heavy (non-hydrogen) atoms. The molecule has 0 bridgehead atoms. The average molecular weight is 397 g/mol. The first-order chi connectivity index (χ1) is 13.5. The number of thiophene rings is 1. The van der Waals surface area contributed by atoms with E-state index in [-0.39, 0.29) is 12.2 Å².